The van der Waals surface area contributed by atoms with E-state index in [9.17, 15) is 5.11 Å². The van der Waals surface area contributed by atoms with Gasteiger partial charge in [0.2, 0.25) is 5.75 Å². The van der Waals surface area contributed by atoms with E-state index >= 15 is 0 Å². The lowest BCUT2D eigenvalue weighted by molar-refractivity contribution is 0.228. The smallest absolute Gasteiger partial charge is 0.204 e. The lowest BCUT2D eigenvalue weighted by Crippen LogP contribution is -2.33. The number of hydrogen-bond acceptors (Lipinski definition) is 8. The molecule has 4 aliphatic heterocycles. The molecule has 0 saturated heterocycles. The van der Waals surface area contributed by atoms with Gasteiger partial charge in [-0.1, -0.05) is 18.2 Å². The Balaban J connectivity index is 1.43. The van der Waals surface area contributed by atoms with E-state index in [1.54, 1.807) is 27.4 Å². The minimum Gasteiger partial charge on any atom is -0.504 e. The summed E-state index contributed by atoms with van der Waals surface area (Å²) in [5, 5.41) is 14.4. The van der Waals surface area contributed by atoms with Crippen molar-refractivity contribution in [2.75, 3.05) is 41.5 Å². The van der Waals surface area contributed by atoms with Gasteiger partial charge in [0.15, 0.2) is 34.5 Å². The van der Waals surface area contributed by atoms with Crippen LogP contribution in [-0.2, 0) is 25.7 Å². The summed E-state index contributed by atoms with van der Waals surface area (Å²) >= 11 is 0. The van der Waals surface area contributed by atoms with Gasteiger partial charge < -0.3 is 34.1 Å². The summed E-state index contributed by atoms with van der Waals surface area (Å²) in [6.45, 7) is 1.74. The monoisotopic (exact) mass is 594 g/mol. The largest absolute Gasteiger partial charge is 0.504 e. The highest BCUT2D eigenvalue weighted by Gasteiger charge is 2.31. The van der Waals surface area contributed by atoms with E-state index in [0.29, 0.717) is 46.7 Å². The van der Waals surface area contributed by atoms with Crippen LogP contribution in [0, 0.1) is 0 Å². The van der Waals surface area contributed by atoms with Gasteiger partial charge in [0.05, 0.1) is 21.3 Å². The molecule has 0 fully saturated rings. The summed E-state index contributed by atoms with van der Waals surface area (Å²) in [5.74, 6) is 4.35. The van der Waals surface area contributed by atoms with Crippen LogP contribution in [-0.4, -0.2) is 51.5 Å². The Bertz CT molecular complexity index is 1700. The first-order chi connectivity index (χ1) is 21.4. The highest BCUT2D eigenvalue weighted by molar-refractivity contribution is 5.63. The van der Waals surface area contributed by atoms with Crippen LogP contribution < -0.4 is 29.0 Å². The lowest BCUT2D eigenvalue weighted by atomic mass is 9.88. The average molecular weight is 595 g/mol. The second kappa shape index (κ2) is 11.6. The van der Waals surface area contributed by atoms with Gasteiger partial charge in [-0.05, 0) is 110 Å². The zero-order valence-corrected chi connectivity index (χ0v) is 25.6. The lowest BCUT2D eigenvalue weighted by Gasteiger charge is -2.35. The Kier molecular flexibility index (Phi) is 7.48. The number of nitrogens with one attached hydrogen (secondary N) is 1. The Morgan fingerprint density at radius 1 is 0.773 bits per heavy atom. The number of aromatic hydroxyl groups is 1. The molecular weight excluding hydrogens is 556 g/mol. The maximum Gasteiger partial charge on any atom is 0.204 e. The van der Waals surface area contributed by atoms with Crippen LogP contribution in [0.2, 0.25) is 0 Å². The van der Waals surface area contributed by atoms with Crippen LogP contribution in [0.1, 0.15) is 45.5 Å². The molecule has 0 saturated carbocycles. The van der Waals surface area contributed by atoms with Crippen molar-refractivity contribution in [3.63, 3.8) is 0 Å². The van der Waals surface area contributed by atoms with E-state index in [1.807, 2.05) is 24.3 Å². The number of likely N-dealkylation sites (N-methyl/N-ethyl adjacent to an activating group) is 1. The molecule has 4 aromatic carbocycles. The molecule has 4 aromatic rings. The van der Waals surface area contributed by atoms with E-state index in [-0.39, 0.29) is 17.8 Å². The normalized spacial score (nSPS) is 19.1. The maximum absolute atomic E-state index is 10.7. The third-order valence-corrected chi connectivity index (χ3v) is 9.20. The number of methoxy groups -OCH3 is 3. The molecule has 228 valence electrons. The molecule has 0 amide bonds. The Hall–Kier alpha value is -4.40. The molecule has 4 aliphatic rings. The van der Waals surface area contributed by atoms with Crippen molar-refractivity contribution in [2.24, 2.45) is 0 Å². The number of nitrogens with zero attached hydrogens (tertiary/aromatic N) is 1. The number of phenolic OH excluding ortho intramolecular Hbond substituents is 1. The summed E-state index contributed by atoms with van der Waals surface area (Å²) in [7, 11) is 7.18. The van der Waals surface area contributed by atoms with Gasteiger partial charge in [-0.3, -0.25) is 4.90 Å². The van der Waals surface area contributed by atoms with Gasteiger partial charge in [0.25, 0.3) is 0 Å². The highest BCUT2D eigenvalue weighted by Crippen LogP contribution is 2.49. The van der Waals surface area contributed by atoms with Crippen molar-refractivity contribution in [2.45, 2.75) is 37.8 Å². The summed E-state index contributed by atoms with van der Waals surface area (Å²) in [6.07, 6.45) is 3.21. The number of ether oxygens (including phenoxy) is 5. The van der Waals surface area contributed by atoms with Crippen LogP contribution in [0.15, 0.2) is 60.7 Å². The average Bonchev–Trinajstić information content (AvgIpc) is 3.04. The molecule has 0 spiro atoms. The summed E-state index contributed by atoms with van der Waals surface area (Å²) in [5.41, 5.74) is 6.88. The predicted molar refractivity (Wildman–Crippen MR) is 168 cm³/mol. The molecule has 2 N–H and O–H groups in total. The van der Waals surface area contributed by atoms with Crippen molar-refractivity contribution in [3.8, 4) is 46.0 Å². The SMILES string of the molecule is COc1cc2c3cc1Oc1cc4c(c(OC)c1OC)CCN[C@@H]4Cc1ccc(O)c(c1)Oc1ccc(cc1)C[C@@H]3N(C)CC2. The quantitative estimate of drug-likeness (QED) is 0.278. The van der Waals surface area contributed by atoms with Crippen LogP contribution >= 0.6 is 0 Å². The zero-order valence-electron chi connectivity index (χ0n) is 25.6. The topological polar surface area (TPSA) is 81.7 Å². The molecular formula is C36H38N2O6. The van der Waals surface area contributed by atoms with E-state index in [1.165, 1.54) is 16.7 Å². The zero-order chi connectivity index (χ0) is 30.4. The third kappa shape index (κ3) is 5.08. The number of benzene rings is 4. The van der Waals surface area contributed by atoms with Gasteiger partial charge in [0, 0.05) is 24.2 Å². The fraction of sp³-hybridized carbons (Fsp3) is 0.333. The molecule has 8 nitrogen and oxygen atoms in total. The van der Waals surface area contributed by atoms with Gasteiger partial charge in [-0.15, -0.1) is 0 Å². The second-order valence-electron chi connectivity index (χ2n) is 11.8. The summed E-state index contributed by atoms with van der Waals surface area (Å²) < 4.78 is 30.7. The summed E-state index contributed by atoms with van der Waals surface area (Å²) in [6, 6.07) is 20.1. The fourth-order valence-electron chi connectivity index (χ4n) is 6.90. The van der Waals surface area contributed by atoms with Gasteiger partial charge in [-0.25, -0.2) is 0 Å². The van der Waals surface area contributed by atoms with Crippen molar-refractivity contribution >= 4 is 0 Å². The minimum atomic E-state index is -0.0249. The Labute approximate surface area is 258 Å². The molecule has 0 aliphatic carbocycles. The fourth-order valence-corrected chi connectivity index (χ4v) is 6.90. The first kappa shape index (κ1) is 28.4. The second-order valence-corrected chi connectivity index (χ2v) is 11.8. The number of fused-ring (bicyclic) bond motifs is 2. The van der Waals surface area contributed by atoms with E-state index < -0.39 is 0 Å². The molecule has 8 rings (SSSR count). The van der Waals surface area contributed by atoms with Gasteiger partial charge >= 0.3 is 0 Å². The third-order valence-electron chi connectivity index (χ3n) is 9.20. The van der Waals surface area contributed by atoms with Crippen LogP contribution in [0.3, 0.4) is 0 Å². The molecule has 8 heteroatoms. The van der Waals surface area contributed by atoms with Crippen molar-refractivity contribution in [1.82, 2.24) is 10.2 Å². The van der Waals surface area contributed by atoms with Crippen molar-refractivity contribution in [3.05, 3.63) is 94.0 Å². The van der Waals surface area contributed by atoms with E-state index in [0.717, 1.165) is 49.0 Å². The van der Waals surface area contributed by atoms with Crippen LogP contribution in [0.4, 0.5) is 0 Å². The Morgan fingerprint density at radius 2 is 1.55 bits per heavy atom. The first-order valence-corrected chi connectivity index (χ1v) is 15.1. The molecule has 2 atom stereocenters. The predicted octanol–water partition coefficient (Wildman–Crippen LogP) is 6.52. The standard InChI is InChI=1S/C36H38N2O6/c1-38-14-12-23-18-32(40-2)33-19-26(23)29(38)16-21-5-8-24(9-6-21)43-31-17-22(7-10-30(31)39)15-28-27-20-34(44-33)36(42-4)35(41-3)25(27)11-13-37-28/h5-10,17-20,28-29,37,39H,11-16H2,1-4H3/t28-,29+/m1/s1. The van der Waals surface area contributed by atoms with Crippen molar-refractivity contribution < 1.29 is 28.8 Å². The maximum atomic E-state index is 10.7. The minimum absolute atomic E-state index is 0.0249. The van der Waals surface area contributed by atoms with E-state index in [2.05, 4.69) is 47.6 Å². The number of rotatable bonds is 3. The first-order valence-electron chi connectivity index (χ1n) is 15.1. The molecule has 8 bridgehead atoms. The molecule has 44 heavy (non-hydrogen) atoms. The number of hydrogen-bond donors (Lipinski definition) is 2. The van der Waals surface area contributed by atoms with E-state index in [4.69, 9.17) is 23.7 Å². The van der Waals surface area contributed by atoms with Crippen LogP contribution in [0.5, 0.6) is 46.0 Å². The van der Waals surface area contributed by atoms with Crippen LogP contribution in [0.25, 0.3) is 0 Å². The highest BCUT2D eigenvalue weighted by atomic mass is 16.5. The molecule has 4 heterocycles. The number of phenols is 1. The Morgan fingerprint density at radius 3 is 2.32 bits per heavy atom. The van der Waals surface area contributed by atoms with Crippen molar-refractivity contribution in [1.29, 1.82) is 0 Å². The molecule has 0 radical (unpaired) electrons. The summed E-state index contributed by atoms with van der Waals surface area (Å²) in [4.78, 5) is 2.40. The molecule has 0 unspecified atom stereocenters. The molecule has 0 aromatic heterocycles. The van der Waals surface area contributed by atoms with Gasteiger partial charge in [0.1, 0.15) is 5.75 Å². The van der Waals surface area contributed by atoms with Gasteiger partial charge in [-0.2, -0.15) is 0 Å².